The monoisotopic (exact) mass is 384 g/mol. The Hall–Kier alpha value is -0.520. The van der Waals surface area contributed by atoms with Crippen LogP contribution >= 0.6 is 21.6 Å². The third-order valence-corrected chi connectivity index (χ3v) is 4.92. The second kappa shape index (κ2) is 18.8. The van der Waals surface area contributed by atoms with Crippen molar-refractivity contribution < 1.29 is 29.3 Å². The maximum atomic E-state index is 11.5. The molecule has 0 aromatic carbocycles. The maximum Gasteiger partial charge on any atom is 0.220 e. The van der Waals surface area contributed by atoms with Gasteiger partial charge in [-0.1, -0.05) is 21.6 Å². The normalized spacial score (nSPS) is 10.6. The van der Waals surface area contributed by atoms with E-state index in [2.05, 4.69) is 10.6 Å². The molecule has 0 aliphatic heterocycles. The van der Waals surface area contributed by atoms with E-state index in [4.69, 9.17) is 19.7 Å². The fourth-order valence-corrected chi connectivity index (χ4v) is 3.40. The Morgan fingerprint density at radius 3 is 1.54 bits per heavy atom. The number of aliphatic hydroxyl groups is 2. The average Bonchev–Trinajstić information content (AvgIpc) is 2.57. The lowest BCUT2D eigenvalue weighted by Crippen LogP contribution is -2.28. The molecule has 0 radical (unpaired) electrons. The molecule has 142 valence electrons. The van der Waals surface area contributed by atoms with Gasteiger partial charge in [-0.2, -0.15) is 0 Å². The molecule has 0 aromatic rings. The first-order valence-corrected chi connectivity index (χ1v) is 10.3. The molecule has 4 N–H and O–H groups in total. The summed E-state index contributed by atoms with van der Waals surface area (Å²) >= 11 is 0. The van der Waals surface area contributed by atoms with Crippen LogP contribution in [-0.4, -0.2) is 86.3 Å². The van der Waals surface area contributed by atoms with Crippen molar-refractivity contribution in [2.75, 3.05) is 64.2 Å². The lowest BCUT2D eigenvalue weighted by molar-refractivity contribution is -0.121. The van der Waals surface area contributed by atoms with Gasteiger partial charge >= 0.3 is 0 Å². The minimum absolute atomic E-state index is 0.0165. The van der Waals surface area contributed by atoms with Crippen molar-refractivity contribution in [2.45, 2.75) is 12.8 Å². The molecule has 24 heavy (non-hydrogen) atoms. The summed E-state index contributed by atoms with van der Waals surface area (Å²) in [4.78, 5) is 23.0. The number of nitrogens with one attached hydrogen (secondary N) is 2. The van der Waals surface area contributed by atoms with Gasteiger partial charge in [0.05, 0.1) is 39.6 Å². The van der Waals surface area contributed by atoms with Crippen LogP contribution in [0.5, 0.6) is 0 Å². The van der Waals surface area contributed by atoms with Crippen molar-refractivity contribution in [1.29, 1.82) is 0 Å². The molecule has 8 nitrogen and oxygen atoms in total. The van der Waals surface area contributed by atoms with Gasteiger partial charge in [0, 0.05) is 37.4 Å². The van der Waals surface area contributed by atoms with E-state index in [1.54, 1.807) is 21.6 Å². The van der Waals surface area contributed by atoms with Crippen molar-refractivity contribution >= 4 is 33.4 Å². The maximum absolute atomic E-state index is 11.5. The van der Waals surface area contributed by atoms with Gasteiger partial charge in [-0.15, -0.1) is 0 Å². The molecule has 0 rings (SSSR count). The van der Waals surface area contributed by atoms with Crippen LogP contribution in [0, 0.1) is 0 Å². The summed E-state index contributed by atoms with van der Waals surface area (Å²) in [7, 11) is 3.13. The average molecular weight is 385 g/mol. The minimum atomic E-state index is -0.0312. The molecule has 0 fully saturated rings. The molecule has 0 atom stereocenters. The standard InChI is InChI=1S/C14H28N2O6S2/c17-5-9-21-7-3-15-13(19)1-11-23-24-12-2-14(20)16-4-8-22-10-6-18/h17-18H,1-12H2,(H,15,19)(H,16,20). The number of aliphatic hydroxyl groups excluding tert-OH is 2. The Labute approximate surface area is 150 Å². The number of amides is 2. The Morgan fingerprint density at radius 2 is 1.17 bits per heavy atom. The number of ether oxygens (including phenoxy) is 2. The van der Waals surface area contributed by atoms with Gasteiger partial charge in [0.2, 0.25) is 11.8 Å². The SMILES string of the molecule is O=C(CCSSCCC(=O)NCCOCCO)NCCOCCO. The Morgan fingerprint density at radius 1 is 0.750 bits per heavy atom. The molecule has 0 saturated heterocycles. The predicted molar refractivity (Wildman–Crippen MR) is 96.0 cm³/mol. The molecule has 10 heteroatoms. The van der Waals surface area contributed by atoms with Crippen molar-refractivity contribution in [3.8, 4) is 0 Å². The van der Waals surface area contributed by atoms with E-state index in [9.17, 15) is 9.59 Å². The van der Waals surface area contributed by atoms with Crippen LogP contribution < -0.4 is 10.6 Å². The highest BCUT2D eigenvalue weighted by Crippen LogP contribution is 2.22. The molecular weight excluding hydrogens is 356 g/mol. The van der Waals surface area contributed by atoms with Crippen molar-refractivity contribution in [3.63, 3.8) is 0 Å². The van der Waals surface area contributed by atoms with E-state index >= 15 is 0 Å². The summed E-state index contributed by atoms with van der Waals surface area (Å²) in [6.07, 6.45) is 0.845. The zero-order valence-corrected chi connectivity index (χ0v) is 15.5. The highest BCUT2D eigenvalue weighted by Gasteiger charge is 2.03. The zero-order valence-electron chi connectivity index (χ0n) is 13.8. The number of rotatable bonds is 17. The van der Waals surface area contributed by atoms with E-state index in [-0.39, 0.29) is 38.2 Å². The van der Waals surface area contributed by atoms with E-state index in [1.807, 2.05) is 0 Å². The lowest BCUT2D eigenvalue weighted by Gasteiger charge is -2.06. The molecule has 0 aliphatic rings. The molecule has 0 aliphatic carbocycles. The molecule has 2 amide bonds. The van der Waals surface area contributed by atoms with Crippen LogP contribution in [0.4, 0.5) is 0 Å². The van der Waals surface area contributed by atoms with Crippen LogP contribution in [-0.2, 0) is 19.1 Å². The quantitative estimate of drug-likeness (QED) is 0.194. The van der Waals surface area contributed by atoms with Crippen LogP contribution in [0.1, 0.15) is 12.8 Å². The summed E-state index contributed by atoms with van der Waals surface area (Å²) in [5.74, 6) is 1.31. The van der Waals surface area contributed by atoms with E-state index in [0.717, 1.165) is 0 Å². The molecule has 0 aromatic heterocycles. The van der Waals surface area contributed by atoms with E-state index in [0.29, 0.717) is 50.7 Å². The van der Waals surface area contributed by atoms with Gasteiger partial charge in [0.1, 0.15) is 0 Å². The van der Waals surface area contributed by atoms with Crippen LogP contribution in [0.3, 0.4) is 0 Å². The third kappa shape index (κ3) is 17.8. The molecule has 0 spiro atoms. The second-order valence-corrected chi connectivity index (χ2v) is 7.22. The smallest absolute Gasteiger partial charge is 0.220 e. The first-order valence-electron chi connectivity index (χ1n) is 7.85. The first kappa shape index (κ1) is 23.5. The third-order valence-electron chi connectivity index (χ3n) is 2.52. The second-order valence-electron chi connectivity index (χ2n) is 4.52. The van der Waals surface area contributed by atoms with Crippen molar-refractivity contribution in [2.24, 2.45) is 0 Å². The lowest BCUT2D eigenvalue weighted by atomic mass is 10.4. The molecule has 0 bridgehead atoms. The highest BCUT2D eigenvalue weighted by atomic mass is 33.1. The molecule has 0 heterocycles. The Balaban J connectivity index is 3.28. The summed E-state index contributed by atoms with van der Waals surface area (Å²) in [6.45, 7) is 2.21. The van der Waals surface area contributed by atoms with Gasteiger partial charge in [-0.05, 0) is 0 Å². The zero-order chi connectivity index (χ0) is 17.9. The minimum Gasteiger partial charge on any atom is -0.394 e. The van der Waals surface area contributed by atoms with Crippen LogP contribution in [0.2, 0.25) is 0 Å². The summed E-state index contributed by atoms with van der Waals surface area (Å²) in [6, 6.07) is 0. The van der Waals surface area contributed by atoms with Gasteiger partial charge in [-0.25, -0.2) is 0 Å². The predicted octanol–water partition coefficient (Wildman–Crippen LogP) is -0.602. The molecule has 0 saturated carbocycles. The Kier molecular flexibility index (Phi) is 18.4. The number of carbonyl (C=O) groups excluding carboxylic acids is 2. The van der Waals surface area contributed by atoms with Crippen molar-refractivity contribution in [1.82, 2.24) is 10.6 Å². The van der Waals surface area contributed by atoms with Gasteiger partial charge in [0.25, 0.3) is 0 Å². The number of carbonyl (C=O) groups is 2. The largest absolute Gasteiger partial charge is 0.394 e. The number of hydrogen-bond donors (Lipinski definition) is 4. The summed E-state index contributed by atoms with van der Waals surface area (Å²) < 4.78 is 10.1. The molecule has 0 unspecified atom stereocenters. The van der Waals surface area contributed by atoms with E-state index in [1.165, 1.54) is 0 Å². The fourth-order valence-electron chi connectivity index (χ4n) is 1.42. The topological polar surface area (TPSA) is 117 Å². The Bertz CT molecular complexity index is 294. The van der Waals surface area contributed by atoms with Gasteiger partial charge in [-0.3, -0.25) is 9.59 Å². The fraction of sp³-hybridized carbons (Fsp3) is 0.857. The number of hydrogen-bond acceptors (Lipinski definition) is 8. The van der Waals surface area contributed by atoms with E-state index < -0.39 is 0 Å². The molecular formula is C14H28N2O6S2. The summed E-state index contributed by atoms with van der Waals surface area (Å²) in [5.41, 5.74) is 0. The highest BCUT2D eigenvalue weighted by molar-refractivity contribution is 8.76. The summed E-state index contributed by atoms with van der Waals surface area (Å²) in [5, 5.41) is 22.5. The van der Waals surface area contributed by atoms with Crippen molar-refractivity contribution in [3.05, 3.63) is 0 Å². The van der Waals surface area contributed by atoms with Crippen LogP contribution in [0.25, 0.3) is 0 Å². The van der Waals surface area contributed by atoms with Crippen LogP contribution in [0.15, 0.2) is 0 Å². The first-order chi connectivity index (χ1) is 11.7. The van der Waals surface area contributed by atoms with Gasteiger partial charge < -0.3 is 30.3 Å². The van der Waals surface area contributed by atoms with Gasteiger partial charge in [0.15, 0.2) is 0 Å².